The number of epoxide rings is 1. The van der Waals surface area contributed by atoms with Crippen molar-refractivity contribution < 1.29 is 14.3 Å². The first-order valence-electron chi connectivity index (χ1n) is 5.29. The maximum absolute atomic E-state index is 11.6. The van der Waals surface area contributed by atoms with E-state index in [1.165, 1.54) is 0 Å². The SMILES string of the molecule is CCC(C)(C)OC(=O)C(C)CC1CO1. The molecule has 0 spiro atoms. The molecule has 0 aliphatic carbocycles. The first-order valence-corrected chi connectivity index (χ1v) is 5.29. The number of esters is 1. The van der Waals surface area contributed by atoms with Crippen molar-refractivity contribution in [3.8, 4) is 0 Å². The average Bonchev–Trinajstić information content (AvgIpc) is 2.87. The van der Waals surface area contributed by atoms with Crippen LogP contribution in [-0.4, -0.2) is 24.3 Å². The minimum atomic E-state index is -0.338. The Balaban J connectivity index is 2.32. The number of ether oxygens (including phenoxy) is 2. The second-order valence-corrected chi connectivity index (χ2v) is 4.63. The van der Waals surface area contributed by atoms with E-state index in [0.717, 1.165) is 19.4 Å². The Hall–Kier alpha value is -0.570. The number of hydrogen-bond acceptors (Lipinski definition) is 3. The molecule has 14 heavy (non-hydrogen) atoms. The largest absolute Gasteiger partial charge is 0.459 e. The molecule has 0 amide bonds. The molecule has 1 saturated heterocycles. The van der Waals surface area contributed by atoms with E-state index in [9.17, 15) is 4.79 Å². The van der Waals surface area contributed by atoms with E-state index in [1.807, 2.05) is 27.7 Å². The smallest absolute Gasteiger partial charge is 0.309 e. The zero-order chi connectivity index (χ0) is 10.8. The molecule has 1 aliphatic rings. The molecule has 3 nitrogen and oxygen atoms in total. The maximum atomic E-state index is 11.6. The maximum Gasteiger partial charge on any atom is 0.309 e. The predicted octanol–water partition coefficient (Wildman–Crippen LogP) is 2.14. The molecule has 0 saturated carbocycles. The molecule has 82 valence electrons. The van der Waals surface area contributed by atoms with Gasteiger partial charge in [0.15, 0.2) is 0 Å². The van der Waals surface area contributed by atoms with Crippen molar-refractivity contribution >= 4 is 5.97 Å². The van der Waals surface area contributed by atoms with E-state index in [1.54, 1.807) is 0 Å². The number of hydrogen-bond donors (Lipinski definition) is 0. The van der Waals surface area contributed by atoms with Gasteiger partial charge in [-0.1, -0.05) is 13.8 Å². The summed E-state index contributed by atoms with van der Waals surface area (Å²) in [4.78, 5) is 11.6. The highest BCUT2D eigenvalue weighted by molar-refractivity contribution is 5.72. The molecule has 0 aromatic heterocycles. The molecule has 1 heterocycles. The summed E-state index contributed by atoms with van der Waals surface area (Å²) in [7, 11) is 0. The Kier molecular flexibility index (Phi) is 3.53. The molecule has 0 aromatic rings. The van der Waals surface area contributed by atoms with Gasteiger partial charge in [0.05, 0.1) is 18.6 Å². The van der Waals surface area contributed by atoms with Gasteiger partial charge in [0.1, 0.15) is 5.60 Å². The Labute approximate surface area is 85.8 Å². The zero-order valence-corrected chi connectivity index (χ0v) is 9.50. The zero-order valence-electron chi connectivity index (χ0n) is 9.50. The third-order valence-corrected chi connectivity index (χ3v) is 2.65. The standard InChI is InChI=1S/C11H20O3/c1-5-11(3,4)14-10(12)8(2)6-9-7-13-9/h8-9H,5-7H2,1-4H3. The summed E-state index contributed by atoms with van der Waals surface area (Å²) in [6.45, 7) is 8.59. The predicted molar refractivity (Wildman–Crippen MR) is 54.0 cm³/mol. The molecule has 3 heteroatoms. The average molecular weight is 200 g/mol. The van der Waals surface area contributed by atoms with Crippen LogP contribution in [0.15, 0.2) is 0 Å². The van der Waals surface area contributed by atoms with Crippen molar-refractivity contribution in [3.05, 3.63) is 0 Å². The van der Waals surface area contributed by atoms with Crippen LogP contribution in [0.3, 0.4) is 0 Å². The van der Waals surface area contributed by atoms with E-state index >= 15 is 0 Å². The summed E-state index contributed by atoms with van der Waals surface area (Å²) in [5, 5.41) is 0. The van der Waals surface area contributed by atoms with Crippen LogP contribution in [0.5, 0.6) is 0 Å². The highest BCUT2D eigenvalue weighted by atomic mass is 16.6. The van der Waals surface area contributed by atoms with E-state index in [2.05, 4.69) is 0 Å². The van der Waals surface area contributed by atoms with E-state index in [0.29, 0.717) is 6.10 Å². The molecular formula is C11H20O3. The molecular weight excluding hydrogens is 180 g/mol. The Morgan fingerprint density at radius 3 is 2.64 bits per heavy atom. The first kappa shape index (κ1) is 11.5. The molecule has 1 rings (SSSR count). The molecule has 0 aromatic carbocycles. The summed E-state index contributed by atoms with van der Waals surface area (Å²) < 4.78 is 10.5. The second-order valence-electron chi connectivity index (χ2n) is 4.63. The quantitative estimate of drug-likeness (QED) is 0.504. The molecule has 2 unspecified atom stereocenters. The van der Waals surface area contributed by atoms with Gasteiger partial charge in [0.25, 0.3) is 0 Å². The number of carbonyl (C=O) groups is 1. The fraction of sp³-hybridized carbons (Fsp3) is 0.909. The molecule has 2 atom stereocenters. The molecule has 1 aliphatic heterocycles. The van der Waals surface area contributed by atoms with Crippen molar-refractivity contribution in [2.45, 2.75) is 52.2 Å². The van der Waals surface area contributed by atoms with Gasteiger partial charge < -0.3 is 9.47 Å². The first-order chi connectivity index (χ1) is 6.44. The number of rotatable bonds is 5. The van der Waals surface area contributed by atoms with Crippen molar-refractivity contribution in [1.29, 1.82) is 0 Å². The van der Waals surface area contributed by atoms with E-state index < -0.39 is 0 Å². The van der Waals surface area contributed by atoms with Gasteiger partial charge in [-0.15, -0.1) is 0 Å². The molecule has 1 fully saturated rings. The van der Waals surface area contributed by atoms with Gasteiger partial charge in [-0.25, -0.2) is 0 Å². The highest BCUT2D eigenvalue weighted by Crippen LogP contribution is 2.22. The van der Waals surface area contributed by atoms with Crippen LogP contribution < -0.4 is 0 Å². The number of carbonyl (C=O) groups excluding carboxylic acids is 1. The molecule has 0 radical (unpaired) electrons. The van der Waals surface area contributed by atoms with Gasteiger partial charge in [-0.2, -0.15) is 0 Å². The minimum Gasteiger partial charge on any atom is -0.459 e. The van der Waals surface area contributed by atoms with E-state index in [4.69, 9.17) is 9.47 Å². The molecule has 0 bridgehead atoms. The van der Waals surface area contributed by atoms with Crippen LogP contribution in [0.2, 0.25) is 0 Å². The third kappa shape index (κ3) is 3.66. The van der Waals surface area contributed by atoms with Gasteiger partial charge in [0, 0.05) is 0 Å². The Morgan fingerprint density at radius 1 is 1.64 bits per heavy atom. The van der Waals surface area contributed by atoms with Gasteiger partial charge in [0.2, 0.25) is 0 Å². The van der Waals surface area contributed by atoms with Crippen molar-refractivity contribution in [3.63, 3.8) is 0 Å². The lowest BCUT2D eigenvalue weighted by Crippen LogP contribution is -2.30. The lowest BCUT2D eigenvalue weighted by molar-refractivity contribution is -0.161. The summed E-state index contributed by atoms with van der Waals surface area (Å²) in [6.07, 6.45) is 1.92. The van der Waals surface area contributed by atoms with Gasteiger partial charge in [-0.3, -0.25) is 4.79 Å². The fourth-order valence-corrected chi connectivity index (χ4v) is 1.14. The minimum absolute atomic E-state index is 0.0478. The Morgan fingerprint density at radius 2 is 2.21 bits per heavy atom. The van der Waals surface area contributed by atoms with Crippen LogP contribution in [0.1, 0.15) is 40.5 Å². The molecule has 0 N–H and O–H groups in total. The normalized spacial score (nSPS) is 23.0. The lowest BCUT2D eigenvalue weighted by atomic mass is 10.0. The van der Waals surface area contributed by atoms with Crippen LogP contribution in [0.25, 0.3) is 0 Å². The third-order valence-electron chi connectivity index (χ3n) is 2.65. The van der Waals surface area contributed by atoms with Gasteiger partial charge >= 0.3 is 5.97 Å². The topological polar surface area (TPSA) is 38.8 Å². The summed E-state index contributed by atoms with van der Waals surface area (Å²) >= 11 is 0. The van der Waals surface area contributed by atoms with Gasteiger partial charge in [-0.05, 0) is 26.7 Å². The van der Waals surface area contributed by atoms with Crippen LogP contribution in [0.4, 0.5) is 0 Å². The fourth-order valence-electron chi connectivity index (χ4n) is 1.14. The summed E-state index contributed by atoms with van der Waals surface area (Å²) in [5.41, 5.74) is -0.338. The lowest BCUT2D eigenvalue weighted by Gasteiger charge is -2.25. The Bertz CT molecular complexity index is 207. The van der Waals surface area contributed by atoms with Crippen LogP contribution in [-0.2, 0) is 14.3 Å². The van der Waals surface area contributed by atoms with E-state index in [-0.39, 0.29) is 17.5 Å². The monoisotopic (exact) mass is 200 g/mol. The van der Waals surface area contributed by atoms with Crippen molar-refractivity contribution in [2.24, 2.45) is 5.92 Å². The highest BCUT2D eigenvalue weighted by Gasteiger charge is 2.30. The summed E-state index contributed by atoms with van der Waals surface area (Å²) in [5.74, 6) is -0.152. The summed E-state index contributed by atoms with van der Waals surface area (Å²) in [6, 6.07) is 0. The van der Waals surface area contributed by atoms with Crippen LogP contribution in [0, 0.1) is 5.92 Å². The van der Waals surface area contributed by atoms with Crippen molar-refractivity contribution in [2.75, 3.05) is 6.61 Å². The van der Waals surface area contributed by atoms with Crippen molar-refractivity contribution in [1.82, 2.24) is 0 Å². The van der Waals surface area contributed by atoms with Crippen LogP contribution >= 0.6 is 0 Å². The second kappa shape index (κ2) is 4.30.